The lowest BCUT2D eigenvalue weighted by Crippen LogP contribution is -2.35. The number of likely N-dealkylation sites (tertiary alicyclic amines) is 1. The van der Waals surface area contributed by atoms with E-state index in [1.54, 1.807) is 19.2 Å². The number of nitrogen functional groups attached to an aromatic ring is 1. The smallest absolute Gasteiger partial charge is 0.125 e. The van der Waals surface area contributed by atoms with Gasteiger partial charge in [0.05, 0.1) is 11.4 Å². The SMILES string of the molecule is CCC1(Oc2ccc(N)c(C(=N)C(N)=CC(=NC)N3CC(N)CC3C)c2)CC1. The van der Waals surface area contributed by atoms with Gasteiger partial charge in [0.15, 0.2) is 0 Å². The van der Waals surface area contributed by atoms with Crippen molar-refractivity contribution in [1.82, 2.24) is 4.90 Å². The number of nitrogens with zero attached hydrogens (tertiary/aromatic N) is 2. The minimum atomic E-state index is -0.0519. The van der Waals surface area contributed by atoms with Gasteiger partial charge in [-0.2, -0.15) is 0 Å². The Kier molecular flexibility index (Phi) is 5.65. The van der Waals surface area contributed by atoms with Gasteiger partial charge in [-0.25, -0.2) is 0 Å². The van der Waals surface area contributed by atoms with Crippen LogP contribution in [0, 0.1) is 5.41 Å². The fraction of sp³-hybridized carbons (Fsp3) is 0.524. The van der Waals surface area contributed by atoms with Gasteiger partial charge >= 0.3 is 0 Å². The molecule has 28 heavy (non-hydrogen) atoms. The molecule has 2 aliphatic rings. The molecule has 2 unspecified atom stereocenters. The Morgan fingerprint density at radius 2 is 2.14 bits per heavy atom. The second-order valence-corrected chi connectivity index (χ2v) is 7.94. The summed E-state index contributed by atoms with van der Waals surface area (Å²) in [6.07, 6.45) is 5.75. The molecular formula is C21H32N6O. The molecule has 1 heterocycles. The van der Waals surface area contributed by atoms with Crippen molar-refractivity contribution in [3.63, 3.8) is 0 Å². The van der Waals surface area contributed by atoms with Crippen molar-refractivity contribution in [2.75, 3.05) is 19.3 Å². The Labute approximate surface area is 167 Å². The maximum Gasteiger partial charge on any atom is 0.125 e. The Balaban J connectivity index is 1.81. The van der Waals surface area contributed by atoms with Crippen molar-refractivity contribution in [3.8, 4) is 5.75 Å². The van der Waals surface area contributed by atoms with Crippen LogP contribution in [0.25, 0.3) is 0 Å². The summed E-state index contributed by atoms with van der Waals surface area (Å²) in [7, 11) is 1.72. The summed E-state index contributed by atoms with van der Waals surface area (Å²) < 4.78 is 6.14. The zero-order valence-corrected chi connectivity index (χ0v) is 17.0. The quantitative estimate of drug-likeness (QED) is 0.340. The van der Waals surface area contributed by atoms with Crippen LogP contribution in [0.2, 0.25) is 0 Å². The van der Waals surface area contributed by atoms with Gasteiger partial charge in [0.1, 0.15) is 17.2 Å². The third kappa shape index (κ3) is 4.14. The molecule has 152 valence electrons. The molecule has 2 atom stereocenters. The fourth-order valence-corrected chi connectivity index (χ4v) is 3.77. The summed E-state index contributed by atoms with van der Waals surface area (Å²) in [5, 5.41) is 8.57. The first-order valence-electron chi connectivity index (χ1n) is 9.92. The predicted octanol–water partition coefficient (Wildman–Crippen LogP) is 2.25. The molecule has 0 radical (unpaired) electrons. The summed E-state index contributed by atoms with van der Waals surface area (Å²) in [6.45, 7) is 4.98. The van der Waals surface area contributed by atoms with Crippen molar-refractivity contribution in [2.24, 2.45) is 16.5 Å². The Bertz CT molecular complexity index is 811. The number of hydrogen-bond donors (Lipinski definition) is 4. The van der Waals surface area contributed by atoms with Crippen LogP contribution in [0.3, 0.4) is 0 Å². The van der Waals surface area contributed by atoms with Crippen LogP contribution in [-0.4, -0.2) is 47.7 Å². The second kappa shape index (κ2) is 7.83. The van der Waals surface area contributed by atoms with Gasteiger partial charge in [-0.15, -0.1) is 0 Å². The van der Waals surface area contributed by atoms with E-state index in [0.717, 1.165) is 43.8 Å². The van der Waals surface area contributed by atoms with Crippen LogP contribution in [0.15, 0.2) is 35.0 Å². The molecule has 0 amide bonds. The highest BCUT2D eigenvalue weighted by atomic mass is 16.5. The first-order valence-corrected chi connectivity index (χ1v) is 9.92. The number of ether oxygens (including phenoxy) is 1. The Morgan fingerprint density at radius 3 is 2.68 bits per heavy atom. The van der Waals surface area contributed by atoms with Gasteiger partial charge in [0, 0.05) is 43.0 Å². The van der Waals surface area contributed by atoms with E-state index in [-0.39, 0.29) is 23.4 Å². The lowest BCUT2D eigenvalue weighted by atomic mass is 10.0. The number of nitrogens with one attached hydrogen (secondary N) is 1. The lowest BCUT2D eigenvalue weighted by molar-refractivity contribution is 0.174. The lowest BCUT2D eigenvalue weighted by Gasteiger charge is -2.23. The minimum absolute atomic E-state index is 0.0519. The molecule has 0 bridgehead atoms. The number of benzene rings is 1. The molecule has 2 fully saturated rings. The molecule has 1 saturated heterocycles. The largest absolute Gasteiger partial charge is 0.487 e. The first kappa shape index (κ1) is 20.2. The number of hydrogen-bond acceptors (Lipinski definition) is 6. The number of allylic oxidation sites excluding steroid dienone is 1. The normalized spacial score (nSPS) is 24.4. The summed E-state index contributed by atoms with van der Waals surface area (Å²) in [4.78, 5) is 6.49. The van der Waals surface area contributed by atoms with E-state index in [0.29, 0.717) is 16.9 Å². The third-order valence-electron chi connectivity index (χ3n) is 5.78. The van der Waals surface area contributed by atoms with Gasteiger partial charge in [-0.05, 0) is 50.8 Å². The number of anilines is 1. The van der Waals surface area contributed by atoms with Gasteiger partial charge in [-0.1, -0.05) is 6.92 Å². The molecule has 0 spiro atoms. The third-order valence-corrected chi connectivity index (χ3v) is 5.78. The zero-order chi connectivity index (χ0) is 20.5. The number of aliphatic imine (C=N–C) groups is 1. The monoisotopic (exact) mass is 384 g/mol. The van der Waals surface area contributed by atoms with E-state index >= 15 is 0 Å². The maximum absolute atomic E-state index is 8.57. The zero-order valence-electron chi connectivity index (χ0n) is 17.0. The summed E-state index contributed by atoms with van der Waals surface area (Å²) in [6, 6.07) is 5.85. The second-order valence-electron chi connectivity index (χ2n) is 7.94. The summed E-state index contributed by atoms with van der Waals surface area (Å²) >= 11 is 0. The van der Waals surface area contributed by atoms with E-state index in [4.69, 9.17) is 27.3 Å². The van der Waals surface area contributed by atoms with E-state index in [1.165, 1.54) is 0 Å². The van der Waals surface area contributed by atoms with Crippen molar-refractivity contribution in [1.29, 1.82) is 5.41 Å². The van der Waals surface area contributed by atoms with Crippen LogP contribution in [0.4, 0.5) is 5.69 Å². The van der Waals surface area contributed by atoms with Gasteiger partial charge in [0.2, 0.25) is 0 Å². The van der Waals surface area contributed by atoms with Gasteiger partial charge < -0.3 is 26.8 Å². The predicted molar refractivity (Wildman–Crippen MR) is 115 cm³/mol. The minimum Gasteiger partial charge on any atom is -0.487 e. The number of rotatable bonds is 6. The molecule has 1 saturated carbocycles. The number of amidine groups is 1. The van der Waals surface area contributed by atoms with E-state index in [2.05, 4.69) is 23.7 Å². The van der Waals surface area contributed by atoms with E-state index in [1.807, 2.05) is 12.1 Å². The van der Waals surface area contributed by atoms with Crippen LogP contribution in [0.5, 0.6) is 5.75 Å². The van der Waals surface area contributed by atoms with Crippen LogP contribution in [0.1, 0.15) is 45.1 Å². The molecule has 7 heteroatoms. The van der Waals surface area contributed by atoms with Crippen LogP contribution in [-0.2, 0) is 0 Å². The maximum atomic E-state index is 8.57. The van der Waals surface area contributed by atoms with Crippen LogP contribution >= 0.6 is 0 Å². The molecule has 1 aliphatic carbocycles. The highest BCUT2D eigenvalue weighted by Gasteiger charge is 2.43. The molecule has 1 aromatic carbocycles. The van der Waals surface area contributed by atoms with Gasteiger partial charge in [-0.3, -0.25) is 10.4 Å². The Hall–Kier alpha value is -2.54. The molecule has 3 rings (SSSR count). The standard InChI is InChI=1S/C21H32N6O/c1-4-21(7-8-21)28-15-5-6-17(23)16(10-15)20(25)18(24)11-19(26-3)27-12-14(22)9-13(27)2/h5-6,10-11,13-14,25H,4,7-9,12,22-24H2,1-3H3. The topological polar surface area (TPSA) is 127 Å². The van der Waals surface area contributed by atoms with Crippen molar-refractivity contribution >= 4 is 17.2 Å². The highest BCUT2D eigenvalue weighted by Crippen LogP contribution is 2.43. The van der Waals surface area contributed by atoms with Crippen molar-refractivity contribution in [3.05, 3.63) is 35.5 Å². The first-order chi connectivity index (χ1) is 13.3. The van der Waals surface area contributed by atoms with E-state index in [9.17, 15) is 0 Å². The van der Waals surface area contributed by atoms with Crippen LogP contribution < -0.4 is 21.9 Å². The van der Waals surface area contributed by atoms with Gasteiger partial charge in [0.25, 0.3) is 0 Å². The molecule has 7 nitrogen and oxygen atoms in total. The Morgan fingerprint density at radius 1 is 1.43 bits per heavy atom. The molecular weight excluding hydrogens is 352 g/mol. The van der Waals surface area contributed by atoms with Crippen molar-refractivity contribution < 1.29 is 4.74 Å². The highest BCUT2D eigenvalue weighted by molar-refractivity contribution is 6.16. The molecule has 1 aromatic rings. The fourth-order valence-electron chi connectivity index (χ4n) is 3.77. The average Bonchev–Trinajstić information content (AvgIpc) is 3.36. The van der Waals surface area contributed by atoms with E-state index < -0.39 is 0 Å². The van der Waals surface area contributed by atoms with Crippen molar-refractivity contribution in [2.45, 2.75) is 57.2 Å². The summed E-state index contributed by atoms with van der Waals surface area (Å²) in [5.74, 6) is 1.46. The number of nitrogens with two attached hydrogens (primary N) is 3. The molecule has 1 aliphatic heterocycles. The average molecular weight is 385 g/mol. The molecule has 7 N–H and O–H groups in total. The molecule has 0 aromatic heterocycles. The summed E-state index contributed by atoms with van der Waals surface area (Å²) in [5.41, 5.74) is 20.0.